The van der Waals surface area contributed by atoms with Gasteiger partial charge in [0.25, 0.3) is 0 Å². The maximum atomic E-state index is 4.91. The van der Waals surface area contributed by atoms with Crippen LogP contribution < -0.4 is 5.32 Å². The summed E-state index contributed by atoms with van der Waals surface area (Å²) in [6, 6.07) is 16.4. The van der Waals surface area contributed by atoms with E-state index in [0.717, 1.165) is 73.0 Å². The second-order valence-electron chi connectivity index (χ2n) is 7.77. The predicted molar refractivity (Wildman–Crippen MR) is 128 cm³/mol. The fourth-order valence-corrected chi connectivity index (χ4v) is 3.72. The second-order valence-corrected chi connectivity index (χ2v) is 7.77. The highest BCUT2D eigenvalue weighted by Gasteiger charge is 2.24. The van der Waals surface area contributed by atoms with Crippen LogP contribution in [0.25, 0.3) is 0 Å². The lowest BCUT2D eigenvalue weighted by atomic mass is 10.1. The highest BCUT2D eigenvalue weighted by Crippen LogP contribution is 2.25. The molecule has 0 atom stereocenters. The number of amidine groups is 2. The number of pyridine rings is 2. The summed E-state index contributed by atoms with van der Waals surface area (Å²) in [4.78, 5) is 18.9. The Labute approximate surface area is 184 Å². The molecule has 31 heavy (non-hydrogen) atoms. The molecule has 1 N–H and O–H groups in total. The lowest BCUT2D eigenvalue weighted by molar-refractivity contribution is 0.792. The van der Waals surface area contributed by atoms with E-state index in [1.807, 2.05) is 24.3 Å². The van der Waals surface area contributed by atoms with Gasteiger partial charge in [0, 0.05) is 23.5 Å². The zero-order valence-electron chi connectivity index (χ0n) is 18.3. The summed E-state index contributed by atoms with van der Waals surface area (Å²) in [5.74, 6) is 3.13. The van der Waals surface area contributed by atoms with Crippen molar-refractivity contribution in [3.63, 3.8) is 0 Å². The molecular weight excluding hydrogens is 382 g/mol. The van der Waals surface area contributed by atoms with E-state index in [1.165, 1.54) is 11.1 Å². The van der Waals surface area contributed by atoms with Crippen molar-refractivity contribution in [2.45, 2.75) is 52.4 Å². The molecule has 5 heteroatoms. The van der Waals surface area contributed by atoms with Crippen LogP contribution in [0.5, 0.6) is 0 Å². The first-order chi connectivity index (χ1) is 15.3. The Balaban J connectivity index is 1.71. The lowest BCUT2D eigenvalue weighted by Crippen LogP contribution is -2.22. The molecule has 0 aliphatic carbocycles. The molecule has 4 rings (SSSR count). The first-order valence-electron chi connectivity index (χ1n) is 11.2. The zero-order valence-corrected chi connectivity index (χ0v) is 18.3. The number of fused-ring (bicyclic) bond motifs is 1. The first kappa shape index (κ1) is 20.9. The Morgan fingerprint density at radius 2 is 1.16 bits per heavy atom. The first-order valence-corrected chi connectivity index (χ1v) is 11.2. The minimum atomic E-state index is 0.774. The topological polar surface area (TPSA) is 62.5 Å². The Bertz CT molecular complexity index is 1010. The van der Waals surface area contributed by atoms with Gasteiger partial charge in [-0.05, 0) is 48.9 Å². The van der Waals surface area contributed by atoms with Gasteiger partial charge < -0.3 is 5.32 Å². The maximum absolute atomic E-state index is 4.91. The van der Waals surface area contributed by atoms with E-state index in [9.17, 15) is 0 Å². The monoisotopic (exact) mass is 411 g/mol. The quantitative estimate of drug-likeness (QED) is 0.500. The number of benzene rings is 1. The molecule has 3 heterocycles. The highest BCUT2D eigenvalue weighted by molar-refractivity contribution is 6.26. The number of aryl methyl sites for hydroxylation is 2. The van der Waals surface area contributed by atoms with E-state index in [4.69, 9.17) is 9.98 Å². The number of aliphatic imine (C=N–C) groups is 2. The molecule has 1 aromatic carbocycles. The molecule has 2 aromatic heterocycles. The zero-order chi connectivity index (χ0) is 21.5. The maximum Gasteiger partial charge on any atom is 0.157 e. The fourth-order valence-electron chi connectivity index (χ4n) is 3.72. The van der Waals surface area contributed by atoms with Crippen molar-refractivity contribution in [2.75, 3.05) is 0 Å². The molecule has 158 valence electrons. The SMILES string of the molecule is CCCCc1cccnc1N=C1NC(=Nc2ncccc2CCCC)c2ccccc21. The van der Waals surface area contributed by atoms with Crippen LogP contribution in [0.15, 0.2) is 70.9 Å². The van der Waals surface area contributed by atoms with Gasteiger partial charge in [-0.1, -0.05) is 63.1 Å². The minimum absolute atomic E-state index is 0.774. The number of unbranched alkanes of at least 4 members (excludes halogenated alkanes) is 2. The van der Waals surface area contributed by atoms with Gasteiger partial charge in [0.1, 0.15) is 11.7 Å². The van der Waals surface area contributed by atoms with E-state index >= 15 is 0 Å². The third kappa shape index (κ3) is 4.88. The molecule has 0 saturated heterocycles. The van der Waals surface area contributed by atoms with E-state index in [2.05, 4.69) is 53.4 Å². The molecule has 0 bridgehead atoms. The predicted octanol–water partition coefficient (Wildman–Crippen LogP) is 5.92. The summed E-state index contributed by atoms with van der Waals surface area (Å²) in [6.45, 7) is 4.40. The Hall–Kier alpha value is -3.34. The minimum Gasteiger partial charge on any atom is -0.324 e. The largest absolute Gasteiger partial charge is 0.324 e. The van der Waals surface area contributed by atoms with Gasteiger partial charge in [0.2, 0.25) is 0 Å². The number of hydrogen-bond acceptors (Lipinski definition) is 4. The van der Waals surface area contributed by atoms with Crippen LogP contribution in [0.1, 0.15) is 61.8 Å². The van der Waals surface area contributed by atoms with Crippen molar-refractivity contribution in [1.29, 1.82) is 0 Å². The number of rotatable bonds is 8. The van der Waals surface area contributed by atoms with Crippen LogP contribution in [0, 0.1) is 0 Å². The number of nitrogens with one attached hydrogen (secondary N) is 1. The van der Waals surface area contributed by atoms with Gasteiger partial charge in [0.05, 0.1) is 0 Å². The highest BCUT2D eigenvalue weighted by atomic mass is 15.1. The van der Waals surface area contributed by atoms with Crippen LogP contribution in [0.3, 0.4) is 0 Å². The Morgan fingerprint density at radius 1 is 0.677 bits per heavy atom. The van der Waals surface area contributed by atoms with Crippen LogP contribution in [0.4, 0.5) is 11.6 Å². The van der Waals surface area contributed by atoms with E-state index in [0.29, 0.717) is 0 Å². The molecule has 0 radical (unpaired) electrons. The van der Waals surface area contributed by atoms with Crippen LogP contribution >= 0.6 is 0 Å². The summed E-state index contributed by atoms with van der Waals surface area (Å²) < 4.78 is 0. The van der Waals surface area contributed by atoms with E-state index < -0.39 is 0 Å². The van der Waals surface area contributed by atoms with Crippen molar-refractivity contribution in [1.82, 2.24) is 15.3 Å². The summed E-state index contributed by atoms with van der Waals surface area (Å²) in [5.41, 5.74) is 4.43. The molecule has 0 fully saturated rings. The van der Waals surface area contributed by atoms with Crippen molar-refractivity contribution in [2.24, 2.45) is 9.98 Å². The number of hydrogen-bond donors (Lipinski definition) is 1. The van der Waals surface area contributed by atoms with E-state index in [1.54, 1.807) is 12.4 Å². The van der Waals surface area contributed by atoms with Crippen molar-refractivity contribution in [3.8, 4) is 0 Å². The van der Waals surface area contributed by atoms with E-state index in [-0.39, 0.29) is 0 Å². The van der Waals surface area contributed by atoms with Gasteiger partial charge in [-0.3, -0.25) is 0 Å². The van der Waals surface area contributed by atoms with Crippen LogP contribution in [0.2, 0.25) is 0 Å². The molecule has 1 aliphatic heterocycles. The smallest absolute Gasteiger partial charge is 0.157 e. The van der Waals surface area contributed by atoms with Gasteiger partial charge in [-0.2, -0.15) is 0 Å². The average Bonchev–Trinajstić information content (AvgIpc) is 3.15. The van der Waals surface area contributed by atoms with Crippen molar-refractivity contribution >= 4 is 23.3 Å². The summed E-state index contributed by atoms with van der Waals surface area (Å²) in [5, 5.41) is 3.44. The lowest BCUT2D eigenvalue weighted by Gasteiger charge is -2.06. The molecule has 3 aromatic rings. The van der Waals surface area contributed by atoms with Crippen molar-refractivity contribution in [3.05, 3.63) is 83.2 Å². The number of aromatic nitrogens is 2. The fraction of sp³-hybridized carbons (Fsp3) is 0.308. The molecule has 5 nitrogen and oxygen atoms in total. The third-order valence-electron chi connectivity index (χ3n) is 5.44. The molecule has 0 saturated carbocycles. The Morgan fingerprint density at radius 3 is 1.61 bits per heavy atom. The Kier molecular flexibility index (Phi) is 6.82. The molecule has 0 amide bonds. The molecular formula is C26H29N5. The molecule has 1 aliphatic rings. The van der Waals surface area contributed by atoms with Crippen LogP contribution in [-0.2, 0) is 12.8 Å². The second kappa shape index (κ2) is 10.1. The standard InChI is InChI=1S/C26H29N5/c1-3-5-11-19-13-9-17-27-23(19)29-25-21-15-7-8-16-22(21)26(31-25)30-24-20(12-6-4-2)14-10-18-28-24/h7-10,13-18H,3-6,11-12H2,1-2H3,(H,27,28,29,30,31). The molecule has 0 spiro atoms. The summed E-state index contributed by atoms with van der Waals surface area (Å²) >= 11 is 0. The van der Waals surface area contributed by atoms with Gasteiger partial charge in [0.15, 0.2) is 11.6 Å². The normalized spacial score (nSPS) is 15.3. The summed E-state index contributed by atoms with van der Waals surface area (Å²) in [6.07, 6.45) is 10.1. The molecule has 0 unspecified atom stereocenters. The average molecular weight is 412 g/mol. The van der Waals surface area contributed by atoms with Crippen molar-refractivity contribution < 1.29 is 0 Å². The van der Waals surface area contributed by atoms with Crippen LogP contribution in [-0.4, -0.2) is 21.6 Å². The van der Waals surface area contributed by atoms with Gasteiger partial charge in [-0.15, -0.1) is 0 Å². The third-order valence-corrected chi connectivity index (χ3v) is 5.44. The summed E-state index contributed by atoms with van der Waals surface area (Å²) in [7, 11) is 0. The number of nitrogens with zero attached hydrogens (tertiary/aromatic N) is 4. The van der Waals surface area contributed by atoms with Gasteiger partial charge >= 0.3 is 0 Å². The van der Waals surface area contributed by atoms with Gasteiger partial charge in [-0.25, -0.2) is 20.0 Å².